The third-order valence-corrected chi connectivity index (χ3v) is 10.0. The lowest BCUT2D eigenvalue weighted by atomic mass is 9.89. The van der Waals surface area contributed by atoms with Crippen molar-refractivity contribution in [3.05, 3.63) is 123 Å². The lowest BCUT2D eigenvalue weighted by molar-refractivity contribution is -0.138. The van der Waals surface area contributed by atoms with E-state index in [2.05, 4.69) is 5.32 Å². The van der Waals surface area contributed by atoms with Crippen molar-refractivity contribution in [1.82, 2.24) is 5.32 Å². The highest BCUT2D eigenvalue weighted by molar-refractivity contribution is 6.09. The molecule has 0 bridgehead atoms. The summed E-state index contributed by atoms with van der Waals surface area (Å²) in [5.41, 5.74) is -1.14. The molecule has 6 N–H and O–H groups in total. The number of hydrogen-bond donors (Lipinski definition) is 6. The van der Waals surface area contributed by atoms with E-state index in [1.807, 2.05) is 0 Å². The van der Waals surface area contributed by atoms with E-state index >= 15 is 4.39 Å². The van der Waals surface area contributed by atoms with Crippen molar-refractivity contribution in [1.29, 1.82) is 0 Å². The van der Waals surface area contributed by atoms with Gasteiger partial charge in [-0.05, 0) is 72.1 Å². The standard InChI is InChI=1S/C47H39F2N3O17/c1-23-3-7-33(51(19-41(55)56)20-42(57)58)39(11-23)66-9-10-67-40-12-25(4-8-34(40)52(21-43(59)60)22-44(61)62)18-50-46(63)26-5-6-27(28(13-26)47(64)65)45-29-14-31(48)35(54)16-36(29)69-37-17-38(68-24(2)53)32(49)15-30(37)45/h3-8,11-17H,9-10,18-22H2,1-2H3,(H,50,63)(H,55,56)(H,57,58)(H,59,60)(H,61,62)(H,64,65). The predicted molar refractivity (Wildman–Crippen MR) is 237 cm³/mol. The van der Waals surface area contributed by atoms with E-state index in [0.717, 1.165) is 47.1 Å². The number of hydrogen-bond acceptors (Lipinski definition) is 14. The molecule has 0 aromatic heterocycles. The van der Waals surface area contributed by atoms with Gasteiger partial charge in [-0.3, -0.25) is 33.6 Å². The quantitative estimate of drug-likeness (QED) is 0.0236. The molecule has 6 rings (SSSR count). The molecule has 4 aromatic rings. The van der Waals surface area contributed by atoms with Gasteiger partial charge in [-0.1, -0.05) is 18.2 Å². The van der Waals surface area contributed by atoms with E-state index in [9.17, 15) is 68.3 Å². The maximum atomic E-state index is 15.3. The Morgan fingerprint density at radius 2 is 1.23 bits per heavy atom. The molecule has 358 valence electrons. The van der Waals surface area contributed by atoms with Crippen molar-refractivity contribution < 1.29 is 86.5 Å². The second-order valence-corrected chi connectivity index (χ2v) is 15.1. The molecule has 0 saturated carbocycles. The molecule has 4 aromatic carbocycles. The number of nitrogens with one attached hydrogen (secondary N) is 1. The normalized spacial score (nSPS) is 10.9. The van der Waals surface area contributed by atoms with Gasteiger partial charge in [0, 0.05) is 47.7 Å². The molecule has 69 heavy (non-hydrogen) atoms. The number of aliphatic carboxylic acids is 4. The monoisotopic (exact) mass is 955 g/mol. The summed E-state index contributed by atoms with van der Waals surface area (Å²) >= 11 is 0. The molecule has 0 unspecified atom stereocenters. The van der Waals surface area contributed by atoms with Crippen LogP contribution in [-0.2, 0) is 30.5 Å². The van der Waals surface area contributed by atoms with Gasteiger partial charge in [-0.25, -0.2) is 13.6 Å². The molecule has 1 heterocycles. The number of esters is 1. The van der Waals surface area contributed by atoms with Gasteiger partial charge < -0.3 is 59.3 Å². The number of rotatable bonds is 21. The molecule has 22 heteroatoms. The summed E-state index contributed by atoms with van der Waals surface area (Å²) in [6.07, 6.45) is 0. The second kappa shape index (κ2) is 21.0. The van der Waals surface area contributed by atoms with Crippen molar-refractivity contribution in [3.63, 3.8) is 0 Å². The van der Waals surface area contributed by atoms with E-state index in [4.69, 9.17) is 18.6 Å². The molecule has 0 saturated heterocycles. The molecule has 0 atom stereocenters. The Hall–Kier alpha value is -9.08. The second-order valence-electron chi connectivity index (χ2n) is 15.1. The molecule has 20 nitrogen and oxygen atoms in total. The average Bonchev–Trinajstić information content (AvgIpc) is 3.26. The van der Waals surface area contributed by atoms with Crippen LogP contribution in [0.4, 0.5) is 20.2 Å². The zero-order valence-corrected chi connectivity index (χ0v) is 36.2. The van der Waals surface area contributed by atoms with Crippen LogP contribution < -0.4 is 34.8 Å². The number of carboxylic acid groups (broad SMARTS) is 5. The molecule has 1 aliphatic heterocycles. The minimum absolute atomic E-state index is 0.0181. The van der Waals surface area contributed by atoms with E-state index in [1.165, 1.54) is 36.4 Å². The lowest BCUT2D eigenvalue weighted by Crippen LogP contribution is -2.35. The predicted octanol–water partition coefficient (Wildman–Crippen LogP) is 5.11. The zero-order valence-electron chi connectivity index (χ0n) is 36.2. The van der Waals surface area contributed by atoms with Crippen LogP contribution in [0.1, 0.15) is 38.8 Å². The SMILES string of the molecule is CC(=O)Oc1cc2oc3cc(=O)c(F)cc-3c(-c3ccc(C(=O)NCc4ccc(N(CC(=O)O)CC(=O)O)c(OCCOc5cc(C)ccc5N(CC(=O)O)CC(=O)O)c4)cc3C(=O)O)c2cc1F. The number of carbonyl (C=O) groups is 7. The summed E-state index contributed by atoms with van der Waals surface area (Å²) in [6.45, 7) is -0.912. The van der Waals surface area contributed by atoms with Crippen molar-refractivity contribution in [2.75, 3.05) is 49.2 Å². The number of amides is 1. The van der Waals surface area contributed by atoms with Crippen LogP contribution in [0.2, 0.25) is 0 Å². The highest BCUT2D eigenvalue weighted by Crippen LogP contribution is 2.43. The van der Waals surface area contributed by atoms with Gasteiger partial charge >= 0.3 is 35.8 Å². The topological polar surface area (TPSA) is 297 Å². The summed E-state index contributed by atoms with van der Waals surface area (Å²) < 4.78 is 52.6. The van der Waals surface area contributed by atoms with Gasteiger partial charge in [0.25, 0.3) is 5.91 Å². The smallest absolute Gasteiger partial charge is 0.336 e. The van der Waals surface area contributed by atoms with Crippen molar-refractivity contribution in [2.24, 2.45) is 0 Å². The fraction of sp³-hybridized carbons (Fsp3) is 0.191. The number of aromatic carboxylic acids is 1. The van der Waals surface area contributed by atoms with Crippen LogP contribution in [-0.4, -0.2) is 107 Å². The number of benzene rings is 5. The number of fused-ring (bicyclic) bond motifs is 2. The molecule has 1 amide bonds. The van der Waals surface area contributed by atoms with E-state index in [0.29, 0.717) is 11.1 Å². The Morgan fingerprint density at radius 1 is 0.652 bits per heavy atom. The minimum Gasteiger partial charge on any atom is -0.488 e. The Kier molecular flexibility index (Phi) is 15.1. The molecule has 1 aliphatic carbocycles. The highest BCUT2D eigenvalue weighted by Gasteiger charge is 2.27. The van der Waals surface area contributed by atoms with Crippen LogP contribution in [0.25, 0.3) is 33.4 Å². The number of aryl methyl sites for hydroxylation is 1. The Balaban J connectivity index is 1.29. The number of halogens is 2. The Bertz CT molecular complexity index is 3050. The average molecular weight is 956 g/mol. The zero-order chi connectivity index (χ0) is 50.3. The first-order valence-corrected chi connectivity index (χ1v) is 20.3. The van der Waals surface area contributed by atoms with E-state index < -0.39 is 96.3 Å². The fourth-order valence-electron chi connectivity index (χ4n) is 7.23. The maximum absolute atomic E-state index is 15.3. The summed E-state index contributed by atoms with van der Waals surface area (Å²) in [5, 5.41) is 50.9. The minimum atomic E-state index is -1.57. The van der Waals surface area contributed by atoms with Gasteiger partial charge in [0.1, 0.15) is 62.2 Å². The molecule has 0 radical (unpaired) electrons. The largest absolute Gasteiger partial charge is 0.488 e. The van der Waals surface area contributed by atoms with Crippen molar-refractivity contribution >= 4 is 64.1 Å². The summed E-state index contributed by atoms with van der Waals surface area (Å²) in [6, 6.07) is 15.8. The van der Waals surface area contributed by atoms with Crippen LogP contribution in [0, 0.1) is 18.6 Å². The van der Waals surface area contributed by atoms with Crippen LogP contribution in [0.3, 0.4) is 0 Å². The Labute approximate surface area is 387 Å². The lowest BCUT2D eigenvalue weighted by Gasteiger charge is -2.25. The number of nitrogens with zero attached hydrogens (tertiary/aromatic N) is 2. The summed E-state index contributed by atoms with van der Waals surface area (Å²) in [5.74, 6) is -11.6. The summed E-state index contributed by atoms with van der Waals surface area (Å²) in [4.78, 5) is 99.0. The Morgan fingerprint density at radius 3 is 1.80 bits per heavy atom. The number of carbonyl (C=O) groups excluding carboxylic acids is 2. The first-order valence-electron chi connectivity index (χ1n) is 20.3. The van der Waals surface area contributed by atoms with Crippen molar-refractivity contribution in [2.45, 2.75) is 20.4 Å². The first kappa shape index (κ1) is 49.4. The molecular formula is C47H39F2N3O17. The summed E-state index contributed by atoms with van der Waals surface area (Å²) in [7, 11) is 0. The highest BCUT2D eigenvalue weighted by atomic mass is 19.1. The maximum Gasteiger partial charge on any atom is 0.336 e. The number of anilines is 2. The third kappa shape index (κ3) is 12.0. The van der Waals surface area contributed by atoms with Crippen molar-refractivity contribution in [3.8, 4) is 39.7 Å². The first-order chi connectivity index (χ1) is 32.7. The van der Waals surface area contributed by atoms with Gasteiger partial charge in [-0.2, -0.15) is 0 Å². The van der Waals surface area contributed by atoms with Crippen LogP contribution >= 0.6 is 0 Å². The van der Waals surface area contributed by atoms with Gasteiger partial charge in [0.2, 0.25) is 5.43 Å². The van der Waals surface area contributed by atoms with E-state index in [1.54, 1.807) is 19.1 Å². The van der Waals surface area contributed by atoms with Crippen LogP contribution in [0.5, 0.6) is 17.2 Å². The van der Waals surface area contributed by atoms with Crippen LogP contribution in [0.15, 0.2) is 88.1 Å². The van der Waals surface area contributed by atoms with Gasteiger partial charge in [0.15, 0.2) is 17.4 Å². The molecular weight excluding hydrogens is 917 g/mol. The fourth-order valence-corrected chi connectivity index (χ4v) is 7.23. The van der Waals surface area contributed by atoms with E-state index in [-0.39, 0.29) is 81.6 Å². The molecule has 2 aliphatic rings. The third-order valence-electron chi connectivity index (χ3n) is 10.0. The molecule has 0 spiro atoms. The van der Waals surface area contributed by atoms with Gasteiger partial charge in [-0.15, -0.1) is 0 Å². The number of ether oxygens (including phenoxy) is 3. The van der Waals surface area contributed by atoms with Gasteiger partial charge in [0.05, 0.1) is 16.9 Å². The molecule has 0 fully saturated rings. The number of carboxylic acids is 5.